The molecule has 0 unspecified atom stereocenters. The first kappa shape index (κ1) is 17.2. The van der Waals surface area contributed by atoms with Gasteiger partial charge in [-0.2, -0.15) is 0 Å². The number of fused-ring (bicyclic) bond motifs is 1. The van der Waals surface area contributed by atoms with Crippen LogP contribution in [0.5, 0.6) is 0 Å². The molecule has 2 aromatic heterocycles. The van der Waals surface area contributed by atoms with Crippen molar-refractivity contribution in [3.8, 4) is 9.88 Å². The van der Waals surface area contributed by atoms with Crippen LogP contribution in [0.3, 0.4) is 0 Å². The quantitative estimate of drug-likeness (QED) is 0.686. The molecule has 0 spiro atoms. The van der Waals surface area contributed by atoms with Crippen LogP contribution in [0.25, 0.3) is 20.1 Å². The molecule has 7 heteroatoms. The molecule has 3 aromatic rings. The van der Waals surface area contributed by atoms with Crippen LogP contribution in [0, 0.1) is 5.41 Å². The van der Waals surface area contributed by atoms with Crippen LogP contribution in [-0.4, -0.2) is 30.0 Å². The van der Waals surface area contributed by atoms with Gasteiger partial charge in [0.15, 0.2) is 0 Å². The average molecular weight is 386 g/mol. The number of methoxy groups -OCH3 is 1. The van der Waals surface area contributed by atoms with Crippen molar-refractivity contribution in [2.24, 2.45) is 5.41 Å². The lowest BCUT2D eigenvalue weighted by atomic mass is 9.67. The summed E-state index contributed by atoms with van der Waals surface area (Å²) >= 11 is 3.07. The second-order valence-corrected chi connectivity index (χ2v) is 8.90. The number of benzene rings is 1. The Bertz CT molecular complexity index is 953. The lowest BCUT2D eigenvalue weighted by Crippen LogP contribution is -2.53. The Kier molecular flexibility index (Phi) is 4.28. The fraction of sp³-hybridized carbons (Fsp3) is 0.316. The molecular weight excluding hydrogens is 368 g/mol. The Morgan fingerprint density at radius 2 is 1.96 bits per heavy atom. The number of carbonyl (C=O) groups excluding carboxylic acids is 2. The Morgan fingerprint density at radius 3 is 2.69 bits per heavy atom. The first-order valence-corrected chi connectivity index (χ1v) is 9.97. The second kappa shape index (κ2) is 6.48. The molecule has 0 atom stereocenters. The minimum Gasteiger partial charge on any atom is -0.469 e. The van der Waals surface area contributed by atoms with E-state index in [4.69, 9.17) is 4.74 Å². The second-order valence-electron chi connectivity index (χ2n) is 6.78. The van der Waals surface area contributed by atoms with Crippen molar-refractivity contribution in [1.29, 1.82) is 0 Å². The molecule has 1 aliphatic carbocycles. The number of para-hydroxylation sites is 1. The number of nitrogens with one attached hydrogen (secondary N) is 1. The van der Waals surface area contributed by atoms with E-state index >= 15 is 0 Å². The van der Waals surface area contributed by atoms with E-state index < -0.39 is 5.41 Å². The van der Waals surface area contributed by atoms with E-state index in [2.05, 4.69) is 10.3 Å². The number of hydrogen-bond donors (Lipinski definition) is 1. The number of thiazole rings is 1. The van der Waals surface area contributed by atoms with Crippen LogP contribution in [0.2, 0.25) is 0 Å². The maximum absolute atomic E-state index is 12.5. The van der Waals surface area contributed by atoms with E-state index in [0.717, 1.165) is 20.1 Å². The molecule has 134 valence electrons. The predicted molar refractivity (Wildman–Crippen MR) is 104 cm³/mol. The molecule has 1 N–H and O–H groups in total. The molecular formula is C19H18N2O3S2. The molecule has 1 saturated carbocycles. The first-order chi connectivity index (χ1) is 12.5. The van der Waals surface area contributed by atoms with E-state index in [0.29, 0.717) is 17.7 Å². The van der Waals surface area contributed by atoms with Gasteiger partial charge in [0.1, 0.15) is 5.01 Å². The first-order valence-electron chi connectivity index (χ1n) is 8.33. The SMILES string of the molecule is COC(=O)C1(C)CC(NC(=O)c2ccc(-c3nc4ccccc4s3)s2)C1. The summed E-state index contributed by atoms with van der Waals surface area (Å²) in [4.78, 5) is 30.5. The van der Waals surface area contributed by atoms with Gasteiger partial charge in [-0.15, -0.1) is 22.7 Å². The van der Waals surface area contributed by atoms with Gasteiger partial charge >= 0.3 is 5.97 Å². The van der Waals surface area contributed by atoms with Crippen molar-refractivity contribution >= 4 is 44.8 Å². The van der Waals surface area contributed by atoms with E-state index in [1.54, 1.807) is 11.3 Å². The van der Waals surface area contributed by atoms with Gasteiger partial charge in [0.2, 0.25) is 0 Å². The van der Waals surface area contributed by atoms with Crippen molar-refractivity contribution in [1.82, 2.24) is 10.3 Å². The van der Waals surface area contributed by atoms with E-state index in [9.17, 15) is 9.59 Å². The molecule has 0 aliphatic heterocycles. The summed E-state index contributed by atoms with van der Waals surface area (Å²) in [7, 11) is 1.40. The molecule has 1 amide bonds. The fourth-order valence-corrected chi connectivity index (χ4v) is 5.28. The maximum atomic E-state index is 12.5. The maximum Gasteiger partial charge on any atom is 0.311 e. The van der Waals surface area contributed by atoms with Gasteiger partial charge in [0.25, 0.3) is 5.91 Å². The molecule has 4 rings (SSSR count). The predicted octanol–water partition coefficient (Wildman–Crippen LogP) is 4.10. The minimum atomic E-state index is -0.478. The number of esters is 1. The monoisotopic (exact) mass is 386 g/mol. The molecule has 1 aliphatic rings. The summed E-state index contributed by atoms with van der Waals surface area (Å²) in [5.74, 6) is -0.309. The molecule has 5 nitrogen and oxygen atoms in total. The Hall–Kier alpha value is -2.25. The molecule has 0 bridgehead atoms. The minimum absolute atomic E-state index is 0.0135. The molecule has 0 saturated heterocycles. The number of amides is 1. The Labute approximate surface area is 159 Å². The van der Waals surface area contributed by atoms with Crippen molar-refractivity contribution < 1.29 is 14.3 Å². The third kappa shape index (κ3) is 3.01. The van der Waals surface area contributed by atoms with Gasteiger partial charge in [-0.1, -0.05) is 12.1 Å². The molecule has 1 aromatic carbocycles. The van der Waals surface area contributed by atoms with Gasteiger partial charge in [0.05, 0.1) is 32.5 Å². The van der Waals surface area contributed by atoms with E-state index in [1.807, 2.05) is 43.3 Å². The van der Waals surface area contributed by atoms with E-state index in [-0.39, 0.29) is 17.9 Å². The summed E-state index contributed by atoms with van der Waals surface area (Å²) in [6.45, 7) is 1.87. The Balaban J connectivity index is 1.43. The number of aromatic nitrogens is 1. The standard InChI is InChI=1S/C19H18N2O3S2/c1-19(18(23)24-2)9-11(10-19)20-16(22)14-7-8-15(25-14)17-21-12-5-3-4-6-13(12)26-17/h3-8,11H,9-10H2,1-2H3,(H,20,22). The molecule has 0 radical (unpaired) electrons. The highest BCUT2D eigenvalue weighted by molar-refractivity contribution is 7.26. The lowest BCUT2D eigenvalue weighted by Gasteiger charge is -2.42. The van der Waals surface area contributed by atoms with Crippen LogP contribution < -0.4 is 5.32 Å². The lowest BCUT2D eigenvalue weighted by molar-refractivity contribution is -0.158. The highest BCUT2D eigenvalue weighted by Crippen LogP contribution is 2.42. The third-order valence-corrected chi connectivity index (χ3v) is 7.03. The summed E-state index contributed by atoms with van der Waals surface area (Å²) in [5, 5.41) is 3.93. The van der Waals surface area contributed by atoms with Gasteiger partial charge < -0.3 is 10.1 Å². The number of thiophene rings is 1. The zero-order valence-corrected chi connectivity index (χ0v) is 16.1. The number of hydrogen-bond acceptors (Lipinski definition) is 6. The average Bonchev–Trinajstić information content (AvgIpc) is 3.25. The van der Waals surface area contributed by atoms with Crippen LogP contribution in [0.1, 0.15) is 29.4 Å². The van der Waals surface area contributed by atoms with Gasteiger partial charge in [-0.05, 0) is 44.0 Å². The van der Waals surface area contributed by atoms with Crippen molar-refractivity contribution in [2.75, 3.05) is 7.11 Å². The summed E-state index contributed by atoms with van der Waals surface area (Å²) in [6, 6.07) is 11.8. The summed E-state index contributed by atoms with van der Waals surface area (Å²) in [5.41, 5.74) is 0.498. The van der Waals surface area contributed by atoms with Crippen LogP contribution in [0.4, 0.5) is 0 Å². The highest BCUT2D eigenvalue weighted by atomic mass is 32.1. The number of rotatable bonds is 4. The third-order valence-electron chi connectivity index (χ3n) is 4.74. The van der Waals surface area contributed by atoms with Gasteiger partial charge in [-0.3, -0.25) is 9.59 Å². The fourth-order valence-electron chi connectivity index (χ4n) is 3.35. The van der Waals surface area contributed by atoms with E-state index in [1.165, 1.54) is 18.4 Å². The smallest absolute Gasteiger partial charge is 0.311 e. The van der Waals surface area contributed by atoms with Crippen molar-refractivity contribution in [2.45, 2.75) is 25.8 Å². The van der Waals surface area contributed by atoms with Gasteiger partial charge in [-0.25, -0.2) is 4.98 Å². The van der Waals surface area contributed by atoms with Crippen LogP contribution in [-0.2, 0) is 9.53 Å². The number of carbonyl (C=O) groups is 2. The topological polar surface area (TPSA) is 68.3 Å². The van der Waals surface area contributed by atoms with Crippen LogP contribution in [0.15, 0.2) is 36.4 Å². The molecule has 1 fully saturated rings. The highest BCUT2D eigenvalue weighted by Gasteiger charge is 2.47. The number of ether oxygens (including phenoxy) is 1. The molecule has 2 heterocycles. The molecule has 26 heavy (non-hydrogen) atoms. The number of nitrogens with zero attached hydrogens (tertiary/aromatic N) is 1. The summed E-state index contributed by atoms with van der Waals surface area (Å²) < 4.78 is 5.95. The van der Waals surface area contributed by atoms with Crippen molar-refractivity contribution in [3.63, 3.8) is 0 Å². The summed E-state index contributed by atoms with van der Waals surface area (Å²) in [6.07, 6.45) is 1.23. The van der Waals surface area contributed by atoms with Crippen LogP contribution >= 0.6 is 22.7 Å². The zero-order chi connectivity index (χ0) is 18.3. The largest absolute Gasteiger partial charge is 0.469 e. The normalized spacial score (nSPS) is 22.0. The van der Waals surface area contributed by atoms with Gasteiger partial charge in [0, 0.05) is 6.04 Å². The zero-order valence-electron chi connectivity index (χ0n) is 14.4. The Morgan fingerprint density at radius 1 is 1.19 bits per heavy atom. The van der Waals surface area contributed by atoms with Crippen molar-refractivity contribution in [3.05, 3.63) is 41.3 Å².